The number of carboxylic acids is 1. The summed E-state index contributed by atoms with van der Waals surface area (Å²) in [4.78, 5) is 19.8. The summed E-state index contributed by atoms with van der Waals surface area (Å²) in [6, 6.07) is 0. The van der Waals surface area contributed by atoms with Crippen molar-refractivity contribution in [2.45, 2.75) is 13.0 Å². The van der Waals surface area contributed by atoms with E-state index in [4.69, 9.17) is 5.11 Å². The molecule has 4 nitrogen and oxygen atoms in total. The van der Waals surface area contributed by atoms with Crippen LogP contribution in [0.4, 0.5) is 0 Å². The van der Waals surface area contributed by atoms with Gasteiger partial charge in [0.1, 0.15) is 0 Å². The molecule has 0 aliphatic rings. The van der Waals surface area contributed by atoms with Gasteiger partial charge in [0, 0.05) is 6.61 Å². The number of hydrogen-bond acceptors (Lipinski definition) is 3. The van der Waals surface area contributed by atoms with E-state index < -0.39 is 12.1 Å². The fourth-order valence-corrected chi connectivity index (χ4v) is 0.348. The Morgan fingerprint density at radius 1 is 1.89 bits per heavy atom. The lowest BCUT2D eigenvalue weighted by Gasteiger charge is -2.01. The summed E-state index contributed by atoms with van der Waals surface area (Å²) < 4.78 is 4.48. The number of rotatable bonds is 4. The third kappa shape index (κ3) is 2.81. The van der Waals surface area contributed by atoms with Crippen LogP contribution in [0.2, 0.25) is 0 Å². The smallest absolute Gasteiger partial charge is 0.340 e. The van der Waals surface area contributed by atoms with Crippen LogP contribution < -0.4 is 0 Å². The summed E-state index contributed by atoms with van der Waals surface area (Å²) in [5.74, 6) is -1.24. The molecule has 1 unspecified atom stereocenters. The lowest BCUT2D eigenvalue weighted by atomic mass is 10.4. The van der Waals surface area contributed by atoms with Gasteiger partial charge in [-0.25, -0.2) is 4.79 Å². The van der Waals surface area contributed by atoms with Gasteiger partial charge in [0.05, 0.1) is 0 Å². The van der Waals surface area contributed by atoms with Gasteiger partial charge in [-0.05, 0) is 6.92 Å². The Balaban J connectivity index is 3.68. The molecule has 0 heterocycles. The zero-order valence-electron chi connectivity index (χ0n) is 5.03. The van der Waals surface area contributed by atoms with Crippen molar-refractivity contribution in [3.05, 3.63) is 0 Å². The minimum absolute atomic E-state index is 0.232. The highest BCUT2D eigenvalue weighted by atomic mass is 16.5. The molecule has 0 saturated carbocycles. The lowest BCUT2D eigenvalue weighted by molar-refractivity contribution is -0.152. The van der Waals surface area contributed by atoms with Crippen LogP contribution in [0.5, 0.6) is 0 Å². The number of carbonyl (C=O) groups excluding carboxylic acids is 1. The Hall–Kier alpha value is -0.900. The van der Waals surface area contributed by atoms with Crippen LogP contribution in [0.15, 0.2) is 0 Å². The third-order valence-corrected chi connectivity index (χ3v) is 0.713. The van der Waals surface area contributed by atoms with Crippen LogP contribution in [-0.4, -0.2) is 30.1 Å². The van der Waals surface area contributed by atoms with Gasteiger partial charge in [-0.15, -0.1) is 0 Å². The average Bonchev–Trinajstić information content (AvgIpc) is 1.82. The molecule has 52 valence electrons. The van der Waals surface area contributed by atoms with Crippen LogP contribution in [0.25, 0.3) is 0 Å². The van der Waals surface area contributed by atoms with E-state index in [9.17, 15) is 9.59 Å². The van der Waals surface area contributed by atoms with Gasteiger partial charge in [-0.2, -0.15) is 0 Å². The van der Waals surface area contributed by atoms with Crippen LogP contribution >= 0.6 is 0 Å². The molecule has 0 aromatic heterocycles. The minimum atomic E-state index is -1.30. The average molecular weight is 132 g/mol. The maximum absolute atomic E-state index is 9.96. The van der Waals surface area contributed by atoms with Crippen molar-refractivity contribution in [1.29, 1.82) is 0 Å². The molecule has 4 heteroatoms. The number of aldehydes is 1. The molecule has 0 radical (unpaired) electrons. The van der Waals surface area contributed by atoms with Gasteiger partial charge in [0.2, 0.25) is 6.10 Å². The van der Waals surface area contributed by atoms with Crippen LogP contribution in [0.1, 0.15) is 6.92 Å². The molecule has 0 spiro atoms. The van der Waals surface area contributed by atoms with E-state index in [0.29, 0.717) is 0 Å². The van der Waals surface area contributed by atoms with Gasteiger partial charge in [-0.1, -0.05) is 0 Å². The predicted octanol–water partition coefficient (Wildman–Crippen LogP) is -0.325. The minimum Gasteiger partial charge on any atom is -0.479 e. The van der Waals surface area contributed by atoms with E-state index in [1.54, 1.807) is 6.92 Å². The highest BCUT2D eigenvalue weighted by molar-refractivity contribution is 5.89. The molecule has 0 aromatic carbocycles. The van der Waals surface area contributed by atoms with E-state index in [1.807, 2.05) is 0 Å². The Morgan fingerprint density at radius 3 is 2.56 bits per heavy atom. The fourth-order valence-electron chi connectivity index (χ4n) is 0.348. The highest BCUT2D eigenvalue weighted by Gasteiger charge is 2.14. The number of carboxylic acid groups (broad SMARTS) is 1. The molecular weight excluding hydrogens is 124 g/mol. The Kier molecular flexibility index (Phi) is 3.62. The standard InChI is InChI=1S/C5H8O4/c1-2-9-4(3-6)5(7)8/h3-4H,2H2,1H3,(H,7,8). The molecule has 0 bridgehead atoms. The van der Waals surface area contributed by atoms with E-state index in [-0.39, 0.29) is 12.9 Å². The van der Waals surface area contributed by atoms with Crippen molar-refractivity contribution < 1.29 is 19.4 Å². The monoisotopic (exact) mass is 132 g/mol. The van der Waals surface area contributed by atoms with Crippen LogP contribution in [0.3, 0.4) is 0 Å². The third-order valence-electron chi connectivity index (χ3n) is 0.713. The van der Waals surface area contributed by atoms with Gasteiger partial charge in [-0.3, -0.25) is 4.79 Å². The van der Waals surface area contributed by atoms with Crippen molar-refractivity contribution in [1.82, 2.24) is 0 Å². The van der Waals surface area contributed by atoms with E-state index in [1.165, 1.54) is 0 Å². The summed E-state index contributed by atoms with van der Waals surface area (Å²) in [5, 5.41) is 8.15. The summed E-state index contributed by atoms with van der Waals surface area (Å²) in [5.41, 5.74) is 0. The topological polar surface area (TPSA) is 63.6 Å². The zero-order chi connectivity index (χ0) is 7.28. The van der Waals surface area contributed by atoms with Crippen molar-refractivity contribution in [2.24, 2.45) is 0 Å². The Labute approximate surface area is 52.4 Å². The first-order valence-corrected chi connectivity index (χ1v) is 2.52. The molecule has 1 N–H and O–H groups in total. The molecule has 0 fully saturated rings. The zero-order valence-corrected chi connectivity index (χ0v) is 5.03. The first-order chi connectivity index (χ1) is 4.22. The molecule has 1 atom stereocenters. The molecular formula is C5H8O4. The number of carbonyl (C=O) groups is 2. The summed E-state index contributed by atoms with van der Waals surface area (Å²) in [6.45, 7) is 1.86. The SMILES string of the molecule is CCOC(C=O)C(=O)O. The normalized spacial score (nSPS) is 12.6. The molecule has 0 aliphatic heterocycles. The first kappa shape index (κ1) is 8.10. The molecule has 0 aromatic rings. The second-order valence-electron chi connectivity index (χ2n) is 1.35. The second kappa shape index (κ2) is 4.03. The quantitative estimate of drug-likeness (QED) is 0.420. The Morgan fingerprint density at radius 2 is 2.44 bits per heavy atom. The molecule has 0 rings (SSSR count). The molecule has 0 aliphatic carbocycles. The Bertz CT molecular complexity index is 110. The van der Waals surface area contributed by atoms with Crippen LogP contribution in [0, 0.1) is 0 Å². The fraction of sp³-hybridized carbons (Fsp3) is 0.600. The maximum Gasteiger partial charge on any atom is 0.340 e. The van der Waals surface area contributed by atoms with E-state index >= 15 is 0 Å². The van der Waals surface area contributed by atoms with Gasteiger partial charge in [0.15, 0.2) is 6.29 Å². The molecule has 9 heavy (non-hydrogen) atoms. The van der Waals surface area contributed by atoms with Crippen LogP contribution in [-0.2, 0) is 14.3 Å². The second-order valence-corrected chi connectivity index (χ2v) is 1.35. The van der Waals surface area contributed by atoms with Crippen molar-refractivity contribution in [3.8, 4) is 0 Å². The number of ether oxygens (including phenoxy) is 1. The van der Waals surface area contributed by atoms with Crippen molar-refractivity contribution in [2.75, 3.05) is 6.61 Å². The molecule has 0 saturated heterocycles. The predicted molar refractivity (Wildman–Crippen MR) is 29.1 cm³/mol. The van der Waals surface area contributed by atoms with E-state index in [2.05, 4.69) is 4.74 Å². The number of hydrogen-bond donors (Lipinski definition) is 1. The van der Waals surface area contributed by atoms with Crippen molar-refractivity contribution in [3.63, 3.8) is 0 Å². The molecule has 0 amide bonds. The van der Waals surface area contributed by atoms with Gasteiger partial charge >= 0.3 is 5.97 Å². The summed E-state index contributed by atoms with van der Waals surface area (Å²) in [7, 11) is 0. The lowest BCUT2D eigenvalue weighted by Crippen LogP contribution is -2.24. The maximum atomic E-state index is 9.96. The summed E-state index contributed by atoms with van der Waals surface area (Å²) in [6.07, 6.45) is -1.04. The van der Waals surface area contributed by atoms with Gasteiger partial charge < -0.3 is 9.84 Å². The largest absolute Gasteiger partial charge is 0.479 e. The van der Waals surface area contributed by atoms with Gasteiger partial charge in [0.25, 0.3) is 0 Å². The highest BCUT2D eigenvalue weighted by Crippen LogP contribution is 1.85. The number of aliphatic carboxylic acids is 1. The summed E-state index contributed by atoms with van der Waals surface area (Å²) >= 11 is 0. The first-order valence-electron chi connectivity index (χ1n) is 2.52. The van der Waals surface area contributed by atoms with E-state index in [0.717, 1.165) is 0 Å². The van der Waals surface area contributed by atoms with Crippen molar-refractivity contribution >= 4 is 12.3 Å².